The van der Waals surface area contributed by atoms with Crippen molar-refractivity contribution in [2.24, 2.45) is 0 Å². The molecule has 3 rings (SSSR count). The molecular formula is C15H16N2O2S3. The Bertz CT molecular complexity index is 589. The van der Waals surface area contributed by atoms with Gasteiger partial charge in [0.2, 0.25) is 11.8 Å². The van der Waals surface area contributed by atoms with Crippen molar-refractivity contribution in [1.82, 2.24) is 9.80 Å². The van der Waals surface area contributed by atoms with E-state index in [9.17, 15) is 9.59 Å². The molecule has 2 aromatic heterocycles. The first-order valence-electron chi connectivity index (χ1n) is 6.90. The van der Waals surface area contributed by atoms with E-state index in [0.717, 1.165) is 9.75 Å². The van der Waals surface area contributed by atoms with Gasteiger partial charge in [0.1, 0.15) is 6.54 Å². The van der Waals surface area contributed by atoms with Crippen LogP contribution in [0, 0.1) is 0 Å². The molecule has 0 aliphatic carbocycles. The fourth-order valence-corrected chi connectivity index (χ4v) is 4.56. The summed E-state index contributed by atoms with van der Waals surface area (Å²) >= 11 is 4.86. The molecule has 1 aliphatic rings. The molecule has 1 aliphatic heterocycles. The van der Waals surface area contributed by atoms with E-state index in [-0.39, 0.29) is 18.4 Å². The molecule has 0 unspecified atom stereocenters. The molecule has 1 fully saturated rings. The molecule has 1 saturated heterocycles. The molecule has 2 aromatic rings. The van der Waals surface area contributed by atoms with Gasteiger partial charge in [0.25, 0.3) is 0 Å². The van der Waals surface area contributed by atoms with Crippen molar-refractivity contribution >= 4 is 46.2 Å². The summed E-state index contributed by atoms with van der Waals surface area (Å²) in [7, 11) is 0. The van der Waals surface area contributed by atoms with E-state index in [1.54, 1.807) is 39.3 Å². The lowest BCUT2D eigenvalue weighted by Gasteiger charge is -2.24. The van der Waals surface area contributed by atoms with Gasteiger partial charge < -0.3 is 9.80 Å². The average Bonchev–Trinajstić information content (AvgIpc) is 3.23. The second kappa shape index (κ2) is 7.30. The van der Waals surface area contributed by atoms with Crippen LogP contribution in [0.2, 0.25) is 0 Å². The van der Waals surface area contributed by atoms with Gasteiger partial charge >= 0.3 is 0 Å². The monoisotopic (exact) mass is 352 g/mol. The van der Waals surface area contributed by atoms with Crippen LogP contribution in [0.3, 0.4) is 0 Å². The smallest absolute Gasteiger partial charge is 0.242 e. The maximum absolute atomic E-state index is 12.6. The lowest BCUT2D eigenvalue weighted by molar-refractivity contribution is -0.138. The SMILES string of the molecule is O=C1CSCN1CC(=O)N(Cc1cccs1)Cc1cccs1. The van der Waals surface area contributed by atoms with Crippen LogP contribution in [0.15, 0.2) is 35.0 Å². The molecule has 22 heavy (non-hydrogen) atoms. The molecule has 3 heterocycles. The Kier molecular flexibility index (Phi) is 5.17. The third-order valence-electron chi connectivity index (χ3n) is 3.36. The number of hydrogen-bond donors (Lipinski definition) is 0. The van der Waals surface area contributed by atoms with Crippen LogP contribution in [0.1, 0.15) is 9.75 Å². The maximum Gasteiger partial charge on any atom is 0.242 e. The minimum atomic E-state index is 0.0117. The van der Waals surface area contributed by atoms with Crippen LogP contribution >= 0.6 is 34.4 Å². The quantitative estimate of drug-likeness (QED) is 0.803. The molecule has 0 saturated carbocycles. The minimum Gasteiger partial charge on any atom is -0.331 e. The van der Waals surface area contributed by atoms with Crippen molar-refractivity contribution < 1.29 is 9.59 Å². The summed E-state index contributed by atoms with van der Waals surface area (Å²) in [6.45, 7) is 1.38. The Hall–Kier alpha value is -1.31. The Morgan fingerprint density at radius 2 is 1.77 bits per heavy atom. The molecule has 0 bridgehead atoms. The molecule has 0 aromatic carbocycles. The zero-order valence-electron chi connectivity index (χ0n) is 11.9. The number of carbonyl (C=O) groups is 2. The largest absolute Gasteiger partial charge is 0.331 e. The van der Waals surface area contributed by atoms with Gasteiger partial charge in [0, 0.05) is 9.75 Å². The van der Waals surface area contributed by atoms with E-state index in [1.165, 1.54) is 0 Å². The molecule has 0 N–H and O–H groups in total. The molecule has 116 valence electrons. The second-order valence-corrected chi connectivity index (χ2v) is 8.00. The third kappa shape index (κ3) is 3.91. The molecule has 2 amide bonds. The molecule has 4 nitrogen and oxygen atoms in total. The van der Waals surface area contributed by atoms with Crippen LogP contribution < -0.4 is 0 Å². The molecular weight excluding hydrogens is 336 g/mol. The third-order valence-corrected chi connectivity index (χ3v) is 6.03. The maximum atomic E-state index is 12.6. The zero-order valence-corrected chi connectivity index (χ0v) is 14.4. The average molecular weight is 353 g/mol. The van der Waals surface area contributed by atoms with Crippen molar-refractivity contribution in [3.63, 3.8) is 0 Å². The van der Waals surface area contributed by atoms with Gasteiger partial charge in [-0.05, 0) is 22.9 Å². The predicted octanol–water partition coefficient (Wildman–Crippen LogP) is 2.87. The van der Waals surface area contributed by atoms with Crippen LogP contribution in [0.25, 0.3) is 0 Å². The highest BCUT2D eigenvalue weighted by atomic mass is 32.2. The van der Waals surface area contributed by atoms with E-state index >= 15 is 0 Å². The molecule has 7 heteroatoms. The lowest BCUT2D eigenvalue weighted by Crippen LogP contribution is -2.40. The van der Waals surface area contributed by atoms with Gasteiger partial charge in [-0.15, -0.1) is 34.4 Å². The lowest BCUT2D eigenvalue weighted by atomic mass is 10.3. The second-order valence-electron chi connectivity index (χ2n) is 4.98. The highest BCUT2D eigenvalue weighted by Gasteiger charge is 2.25. The molecule has 0 spiro atoms. The van der Waals surface area contributed by atoms with Crippen LogP contribution in [-0.2, 0) is 22.7 Å². The first kappa shape index (κ1) is 15.6. The highest BCUT2D eigenvalue weighted by molar-refractivity contribution is 8.00. The van der Waals surface area contributed by atoms with Crippen molar-refractivity contribution in [3.8, 4) is 0 Å². The van der Waals surface area contributed by atoms with Crippen LogP contribution in [0.5, 0.6) is 0 Å². The van der Waals surface area contributed by atoms with Crippen molar-refractivity contribution in [2.75, 3.05) is 18.2 Å². The fourth-order valence-electron chi connectivity index (χ4n) is 2.22. The Labute approximate surface area is 141 Å². The summed E-state index contributed by atoms with van der Waals surface area (Å²) in [6.07, 6.45) is 0. The van der Waals surface area contributed by atoms with E-state index in [1.807, 2.05) is 39.9 Å². The number of thioether (sulfide) groups is 1. The summed E-state index contributed by atoms with van der Waals surface area (Å²) in [5.74, 6) is 1.18. The summed E-state index contributed by atoms with van der Waals surface area (Å²) < 4.78 is 0. The number of carbonyl (C=O) groups excluding carboxylic acids is 2. The number of hydrogen-bond acceptors (Lipinski definition) is 5. The van der Waals surface area contributed by atoms with E-state index < -0.39 is 0 Å². The van der Waals surface area contributed by atoms with Crippen molar-refractivity contribution in [1.29, 1.82) is 0 Å². The van der Waals surface area contributed by atoms with Crippen LogP contribution in [0.4, 0.5) is 0 Å². The highest BCUT2D eigenvalue weighted by Crippen LogP contribution is 2.19. The number of amides is 2. The topological polar surface area (TPSA) is 40.6 Å². The summed E-state index contributed by atoms with van der Waals surface area (Å²) in [4.78, 5) is 30.1. The van der Waals surface area contributed by atoms with Gasteiger partial charge in [-0.25, -0.2) is 0 Å². The van der Waals surface area contributed by atoms with Gasteiger partial charge in [-0.3, -0.25) is 9.59 Å². The van der Waals surface area contributed by atoms with Crippen molar-refractivity contribution in [3.05, 3.63) is 44.8 Å². The van der Waals surface area contributed by atoms with E-state index in [4.69, 9.17) is 0 Å². The zero-order chi connectivity index (χ0) is 15.4. The number of rotatable bonds is 6. The van der Waals surface area contributed by atoms with Crippen molar-refractivity contribution in [2.45, 2.75) is 13.1 Å². The van der Waals surface area contributed by atoms with Gasteiger partial charge in [0.05, 0.1) is 24.7 Å². The normalized spacial score (nSPS) is 14.5. The standard InChI is InChI=1S/C15H16N2O2S3/c18-14(9-17-11-20-10-15(17)19)16(7-12-3-1-5-21-12)8-13-4-2-6-22-13/h1-6H,7-11H2. The summed E-state index contributed by atoms with van der Waals surface area (Å²) in [6, 6.07) is 8.06. The first-order valence-corrected chi connectivity index (χ1v) is 9.82. The molecule has 0 radical (unpaired) electrons. The van der Waals surface area contributed by atoms with E-state index in [2.05, 4.69) is 0 Å². The Morgan fingerprint density at radius 1 is 1.14 bits per heavy atom. The summed E-state index contributed by atoms with van der Waals surface area (Å²) in [5.41, 5.74) is 0. The number of nitrogens with zero attached hydrogens (tertiary/aromatic N) is 2. The van der Waals surface area contributed by atoms with Crippen LogP contribution in [-0.4, -0.2) is 39.8 Å². The molecule has 0 atom stereocenters. The van der Waals surface area contributed by atoms with Gasteiger partial charge in [0.15, 0.2) is 0 Å². The predicted molar refractivity (Wildman–Crippen MR) is 91.9 cm³/mol. The first-order chi connectivity index (χ1) is 10.7. The Balaban J connectivity index is 1.68. The Morgan fingerprint density at radius 3 is 2.23 bits per heavy atom. The fraction of sp³-hybridized carbons (Fsp3) is 0.333. The summed E-state index contributed by atoms with van der Waals surface area (Å²) in [5, 5.41) is 4.04. The van der Waals surface area contributed by atoms with E-state index in [0.29, 0.717) is 24.7 Å². The van der Waals surface area contributed by atoms with Gasteiger partial charge in [-0.2, -0.15) is 0 Å². The van der Waals surface area contributed by atoms with Gasteiger partial charge in [-0.1, -0.05) is 12.1 Å². The number of thiophene rings is 2. The minimum absolute atomic E-state index is 0.0117.